The molecule has 0 unspecified atom stereocenters. The fraction of sp³-hybridized carbons (Fsp3) is 0.267. The van der Waals surface area contributed by atoms with Crippen molar-refractivity contribution in [1.82, 2.24) is 4.90 Å². The summed E-state index contributed by atoms with van der Waals surface area (Å²) in [6.07, 6.45) is 0. The van der Waals surface area contributed by atoms with E-state index >= 15 is 0 Å². The fourth-order valence-electron chi connectivity index (χ4n) is 1.82. The quantitative estimate of drug-likeness (QED) is 0.767. The van der Waals surface area contributed by atoms with Gasteiger partial charge in [0.2, 0.25) is 0 Å². The van der Waals surface area contributed by atoms with Gasteiger partial charge in [-0.3, -0.25) is 9.69 Å². The van der Waals surface area contributed by atoms with Crippen LogP contribution in [0.3, 0.4) is 0 Å². The van der Waals surface area contributed by atoms with Crippen molar-refractivity contribution in [1.29, 1.82) is 0 Å². The second-order valence-electron chi connectivity index (χ2n) is 4.56. The van der Waals surface area contributed by atoms with Crippen LogP contribution in [0, 0.1) is 6.92 Å². The van der Waals surface area contributed by atoms with Crippen LogP contribution in [-0.2, 0) is 6.54 Å². The van der Waals surface area contributed by atoms with Gasteiger partial charge >= 0.3 is 0 Å². The van der Waals surface area contributed by atoms with Crippen molar-refractivity contribution < 1.29 is 4.79 Å². The molecule has 0 saturated carbocycles. The van der Waals surface area contributed by atoms with Crippen molar-refractivity contribution in [3.63, 3.8) is 0 Å². The summed E-state index contributed by atoms with van der Waals surface area (Å²) in [5.41, 5.74) is 2.50. The van der Waals surface area contributed by atoms with Gasteiger partial charge < -0.3 is 0 Å². The molecule has 0 aliphatic carbocycles. The zero-order chi connectivity index (χ0) is 13.0. The largest absolute Gasteiger partial charge is 0.295 e. The molecule has 0 saturated heterocycles. The summed E-state index contributed by atoms with van der Waals surface area (Å²) in [4.78, 5) is 14.8. The van der Waals surface area contributed by atoms with E-state index in [1.165, 1.54) is 22.5 Å². The van der Waals surface area contributed by atoms with Gasteiger partial charge in [-0.1, -0.05) is 35.9 Å². The van der Waals surface area contributed by atoms with Gasteiger partial charge in [-0.05, 0) is 31.0 Å². The predicted molar refractivity (Wildman–Crippen MR) is 76.2 cm³/mol. The molecule has 3 heteroatoms. The molecule has 0 aliphatic rings. The van der Waals surface area contributed by atoms with Crippen LogP contribution in [0.4, 0.5) is 0 Å². The number of carbonyl (C=O) groups excluding carboxylic acids is 1. The Morgan fingerprint density at radius 3 is 2.56 bits per heavy atom. The predicted octanol–water partition coefficient (Wildman–Crippen LogP) is 3.37. The standard InChI is InChI=1S/C15H17NOS/c1-12-5-7-13(8-6-12)10-16(2)11-14(17)15-4-3-9-18-15/h3-9H,10-11H2,1-2H3. The Balaban J connectivity index is 1.90. The number of aryl methyl sites for hydroxylation is 1. The summed E-state index contributed by atoms with van der Waals surface area (Å²) in [5.74, 6) is 0.194. The lowest BCUT2D eigenvalue weighted by atomic mass is 10.1. The molecule has 0 atom stereocenters. The molecule has 0 aliphatic heterocycles. The van der Waals surface area contributed by atoms with Crippen molar-refractivity contribution in [3.05, 3.63) is 57.8 Å². The number of hydrogen-bond acceptors (Lipinski definition) is 3. The Bertz CT molecular complexity index is 502. The summed E-state index contributed by atoms with van der Waals surface area (Å²) in [6.45, 7) is 3.35. The van der Waals surface area contributed by atoms with Crippen LogP contribution in [0.2, 0.25) is 0 Å². The molecule has 0 N–H and O–H groups in total. The molecule has 1 aromatic carbocycles. The number of nitrogens with zero attached hydrogens (tertiary/aromatic N) is 1. The van der Waals surface area contributed by atoms with Crippen LogP contribution >= 0.6 is 11.3 Å². The average Bonchev–Trinajstić information content (AvgIpc) is 2.85. The lowest BCUT2D eigenvalue weighted by molar-refractivity contribution is 0.0947. The first-order chi connectivity index (χ1) is 8.65. The average molecular weight is 259 g/mol. The monoisotopic (exact) mass is 259 g/mol. The van der Waals surface area contributed by atoms with Crippen molar-refractivity contribution in [2.24, 2.45) is 0 Å². The lowest BCUT2D eigenvalue weighted by Gasteiger charge is -2.15. The van der Waals surface area contributed by atoms with Crippen LogP contribution in [0.15, 0.2) is 41.8 Å². The minimum Gasteiger partial charge on any atom is -0.295 e. The number of Topliss-reactive ketones (excluding diaryl/α,β-unsaturated/α-hetero) is 1. The Labute approximate surface area is 112 Å². The minimum absolute atomic E-state index is 0.194. The summed E-state index contributed by atoms with van der Waals surface area (Å²) in [7, 11) is 1.98. The zero-order valence-electron chi connectivity index (χ0n) is 10.7. The Hall–Kier alpha value is -1.45. The van der Waals surface area contributed by atoms with Crippen LogP contribution in [-0.4, -0.2) is 24.3 Å². The lowest BCUT2D eigenvalue weighted by Crippen LogP contribution is -2.25. The molecule has 0 fully saturated rings. The third-order valence-corrected chi connectivity index (χ3v) is 3.69. The highest BCUT2D eigenvalue weighted by molar-refractivity contribution is 7.12. The van der Waals surface area contributed by atoms with E-state index in [0.29, 0.717) is 6.54 Å². The van der Waals surface area contributed by atoms with Crippen LogP contribution in [0.5, 0.6) is 0 Å². The highest BCUT2D eigenvalue weighted by Crippen LogP contribution is 2.11. The second-order valence-corrected chi connectivity index (χ2v) is 5.51. The zero-order valence-corrected chi connectivity index (χ0v) is 11.5. The van der Waals surface area contributed by atoms with Crippen molar-refractivity contribution >= 4 is 17.1 Å². The van der Waals surface area contributed by atoms with Crippen molar-refractivity contribution in [2.45, 2.75) is 13.5 Å². The van der Waals surface area contributed by atoms with Gasteiger partial charge in [-0.25, -0.2) is 0 Å². The fourth-order valence-corrected chi connectivity index (χ4v) is 2.48. The third-order valence-electron chi connectivity index (χ3n) is 2.78. The summed E-state index contributed by atoms with van der Waals surface area (Å²) >= 11 is 1.51. The van der Waals surface area contributed by atoms with Gasteiger partial charge in [-0.15, -0.1) is 11.3 Å². The van der Waals surface area contributed by atoms with E-state index < -0.39 is 0 Å². The van der Waals surface area contributed by atoms with Gasteiger partial charge in [0.25, 0.3) is 0 Å². The first-order valence-corrected chi connectivity index (χ1v) is 6.84. The number of likely N-dealkylation sites (N-methyl/N-ethyl adjacent to an activating group) is 1. The Morgan fingerprint density at radius 1 is 1.22 bits per heavy atom. The minimum atomic E-state index is 0.194. The summed E-state index contributed by atoms with van der Waals surface area (Å²) in [5, 5.41) is 1.94. The van der Waals surface area contributed by atoms with Crippen molar-refractivity contribution in [2.75, 3.05) is 13.6 Å². The summed E-state index contributed by atoms with van der Waals surface area (Å²) in [6, 6.07) is 12.2. The molecule has 1 aromatic heterocycles. The second kappa shape index (κ2) is 5.94. The molecule has 0 amide bonds. The van der Waals surface area contributed by atoms with Crippen LogP contribution in [0.1, 0.15) is 20.8 Å². The number of thiophene rings is 1. The van der Waals surface area contributed by atoms with E-state index in [0.717, 1.165) is 11.4 Å². The Morgan fingerprint density at radius 2 is 1.94 bits per heavy atom. The molecule has 18 heavy (non-hydrogen) atoms. The SMILES string of the molecule is Cc1ccc(CN(C)CC(=O)c2cccs2)cc1. The summed E-state index contributed by atoms with van der Waals surface area (Å²) < 4.78 is 0. The van der Waals surface area contributed by atoms with Crippen molar-refractivity contribution in [3.8, 4) is 0 Å². The molecular weight excluding hydrogens is 242 g/mol. The molecular formula is C15H17NOS. The van der Waals surface area contributed by atoms with Crippen LogP contribution < -0.4 is 0 Å². The smallest absolute Gasteiger partial charge is 0.186 e. The molecule has 1 heterocycles. The number of benzene rings is 1. The van der Waals surface area contributed by atoms with E-state index in [9.17, 15) is 4.79 Å². The third kappa shape index (κ3) is 3.52. The topological polar surface area (TPSA) is 20.3 Å². The molecule has 0 spiro atoms. The molecule has 2 rings (SSSR count). The number of rotatable bonds is 5. The van der Waals surface area contributed by atoms with Gasteiger partial charge in [0.15, 0.2) is 5.78 Å². The molecule has 94 valence electrons. The molecule has 2 aromatic rings. The highest BCUT2D eigenvalue weighted by Gasteiger charge is 2.10. The van der Waals surface area contributed by atoms with Gasteiger partial charge in [0.1, 0.15) is 0 Å². The maximum Gasteiger partial charge on any atom is 0.186 e. The number of ketones is 1. The number of carbonyl (C=O) groups is 1. The molecule has 0 radical (unpaired) electrons. The molecule has 2 nitrogen and oxygen atoms in total. The van der Waals surface area contributed by atoms with Gasteiger partial charge in [0, 0.05) is 6.54 Å². The molecule has 0 bridgehead atoms. The maximum atomic E-state index is 11.9. The first kappa shape index (κ1) is 13.0. The van der Waals surface area contributed by atoms with Gasteiger partial charge in [-0.2, -0.15) is 0 Å². The highest BCUT2D eigenvalue weighted by atomic mass is 32.1. The van der Waals surface area contributed by atoms with E-state index in [1.807, 2.05) is 29.5 Å². The van der Waals surface area contributed by atoms with Crippen LogP contribution in [0.25, 0.3) is 0 Å². The van der Waals surface area contributed by atoms with E-state index in [1.54, 1.807) is 0 Å². The van der Waals surface area contributed by atoms with Gasteiger partial charge in [0.05, 0.1) is 11.4 Å². The normalized spacial score (nSPS) is 10.8. The van der Waals surface area contributed by atoms with E-state index in [2.05, 4.69) is 31.2 Å². The Kier molecular flexibility index (Phi) is 4.28. The van der Waals surface area contributed by atoms with E-state index in [4.69, 9.17) is 0 Å². The van der Waals surface area contributed by atoms with E-state index in [-0.39, 0.29) is 5.78 Å². The maximum absolute atomic E-state index is 11.9. The number of hydrogen-bond donors (Lipinski definition) is 0. The first-order valence-electron chi connectivity index (χ1n) is 5.96.